The summed E-state index contributed by atoms with van der Waals surface area (Å²) in [6.45, 7) is 21.0. The van der Waals surface area contributed by atoms with E-state index in [-0.39, 0.29) is 68.2 Å². The van der Waals surface area contributed by atoms with E-state index in [1.165, 1.54) is 43.3 Å². The van der Waals surface area contributed by atoms with E-state index in [4.69, 9.17) is 0 Å². The van der Waals surface area contributed by atoms with Gasteiger partial charge in [-0.15, -0.1) is 0 Å². The Morgan fingerprint density at radius 2 is 0.772 bits per heavy atom. The molecule has 0 amide bonds. The number of piperazine rings is 3. The number of nitrogens with zero attached hydrogens (tertiary/aromatic N) is 7. The number of alkyl halides is 9. The number of carbonyl (C=O) groups is 3. The molecule has 6 radical (unpaired) electrons. The van der Waals surface area contributed by atoms with Crippen molar-refractivity contribution in [3.8, 4) is 6.07 Å². The van der Waals surface area contributed by atoms with Crippen molar-refractivity contribution in [3.05, 3.63) is 214 Å². The first-order chi connectivity index (χ1) is 46.6. The monoisotopic (exact) mass is 1420 g/mol. The van der Waals surface area contributed by atoms with Crippen LogP contribution in [0.4, 0.5) is 39.5 Å². The Balaban J connectivity index is 0.000000358. The molecule has 3 N–H and O–H groups in total. The van der Waals surface area contributed by atoms with Crippen LogP contribution in [-0.4, -0.2) is 177 Å². The van der Waals surface area contributed by atoms with Crippen molar-refractivity contribution in [1.82, 2.24) is 29.1 Å². The Hall–Kier alpha value is -6.45. The first-order valence-electron chi connectivity index (χ1n) is 32.4. The molecule has 3 fully saturated rings. The average Bonchev–Trinajstić information content (AvgIpc) is 0.762. The van der Waals surface area contributed by atoms with Crippen molar-refractivity contribution in [1.29, 1.82) is 5.26 Å². The molecule has 31 heteroatoms. The van der Waals surface area contributed by atoms with E-state index in [1.54, 1.807) is 44.7 Å². The Morgan fingerprint density at radius 1 is 0.485 bits per heavy atom. The van der Waals surface area contributed by atoms with Gasteiger partial charge in [0.25, 0.3) is 0 Å². The van der Waals surface area contributed by atoms with Crippen molar-refractivity contribution < 1.29 is 113 Å². The number of nitriles is 1. The van der Waals surface area contributed by atoms with Gasteiger partial charge in [-0.2, -0.15) is 44.8 Å². The number of rotatable bonds is 15. The quantitative estimate of drug-likeness (QED) is 0.0386. The molecule has 3 aliphatic heterocycles. The number of carbonyl (C=O) groups excluding carboxylic acids is 3. The average molecular weight is 1420 g/mol. The standard InChI is InChI=1S/C22H25BF3N3O.2C21H26BF3N2O.C4H6O4.C2H3BO2.B.Na/c1-17-15-28(23(2)30)12-13-29(17)21(16-27,14-18-6-4-3-5-7-18)19-8-10-20(11-9-19)22(24,25)26;2*1-16-15-26(22(2)28)12-13-27(16)20(14-17-6-4-3-5-7-17)18-8-10-19(11-9-18)21(23,24)25;1-3(5)7-8-4(2)6;1-2(4)5-3;;/h3-11,17,30H,12-15H2,1-2H3;2*3-11,16,20,28H,12-15H2,1-2H3;1-2H3;1H3;;/q;;;;-1;;+1/t17-,21?;16-,20+;16-,20-;;;;/m000..../s1. The first kappa shape index (κ1) is 88.8. The van der Waals surface area contributed by atoms with Crippen LogP contribution in [0.2, 0.25) is 20.5 Å². The molecule has 101 heavy (non-hydrogen) atoms. The molecule has 3 aliphatic rings. The van der Waals surface area contributed by atoms with Gasteiger partial charge in [-0.1, -0.05) is 127 Å². The van der Waals surface area contributed by atoms with Crippen molar-refractivity contribution >= 4 is 55.5 Å². The molecule has 0 aromatic heterocycles. The maximum Gasteiger partial charge on any atom is 1.00 e. The van der Waals surface area contributed by atoms with Crippen LogP contribution in [0.3, 0.4) is 0 Å². The second-order valence-electron chi connectivity index (χ2n) is 24.7. The largest absolute Gasteiger partial charge is 1.00 e. The molecule has 0 bridgehead atoms. The van der Waals surface area contributed by atoms with E-state index in [2.05, 4.69) is 57.1 Å². The normalized spacial score (nSPS) is 18.2. The van der Waals surface area contributed by atoms with Crippen LogP contribution < -0.4 is 29.6 Å². The number of benzene rings is 6. The van der Waals surface area contributed by atoms with E-state index >= 15 is 0 Å². The van der Waals surface area contributed by atoms with Gasteiger partial charge < -0.3 is 42.2 Å². The minimum Gasteiger partial charge on any atom is -0.793 e. The Morgan fingerprint density at radius 3 is 1.04 bits per heavy atom. The molecule has 16 nitrogen and oxygen atoms in total. The van der Waals surface area contributed by atoms with Gasteiger partial charge in [-0.3, -0.25) is 19.5 Å². The third kappa shape index (κ3) is 27.9. The molecule has 1 unspecified atom stereocenters. The predicted molar refractivity (Wildman–Crippen MR) is 369 cm³/mol. The predicted octanol–water partition coefficient (Wildman–Crippen LogP) is 8.28. The molecule has 6 aromatic rings. The third-order valence-electron chi connectivity index (χ3n) is 17.4. The number of hydrogen-bond donors (Lipinski definition) is 3. The Labute approximate surface area is 613 Å². The SMILES string of the molecule is CB(O)N1CCN(C(C#N)(Cc2ccccc2)c2ccc(C(F)(F)F)cc2)[C@@H](C)C1.CB(O)N1CCN([C@@H](Cc2ccccc2)c2ccc(C(F)(F)F)cc2)[C@@H](C)C1.CB(O)N1CCN([C@H](Cc2ccccc2)c2ccc(C(F)(F)F)cc2)[C@@H](C)C1.CC(=O)OOC(C)=O.[B-]OC(C)=O.[B].[Na+]. The van der Waals surface area contributed by atoms with Crippen molar-refractivity contribution in [2.75, 3.05) is 58.9 Å². The fraction of sp³-hybridized carbons (Fsp3) is 0.429. The molecule has 0 saturated carbocycles. The summed E-state index contributed by atoms with van der Waals surface area (Å²) < 4.78 is 121. The summed E-state index contributed by atoms with van der Waals surface area (Å²) in [6, 6.07) is 48.3. The molecule has 6 aromatic carbocycles. The van der Waals surface area contributed by atoms with Gasteiger partial charge in [0, 0.05) is 125 Å². The van der Waals surface area contributed by atoms with Gasteiger partial charge in [-0.25, -0.2) is 19.4 Å². The zero-order valence-electron chi connectivity index (χ0n) is 58.7. The topological polar surface area (TPSA) is 183 Å². The molecule has 9 rings (SSSR count). The van der Waals surface area contributed by atoms with Gasteiger partial charge in [0.2, 0.25) is 5.97 Å². The van der Waals surface area contributed by atoms with E-state index in [0.29, 0.717) is 31.6 Å². The molecule has 0 spiro atoms. The van der Waals surface area contributed by atoms with Gasteiger partial charge in [0.05, 0.1) is 22.8 Å². The summed E-state index contributed by atoms with van der Waals surface area (Å²) in [4.78, 5) is 49.5. The maximum absolute atomic E-state index is 13.1. The first-order valence-corrected chi connectivity index (χ1v) is 32.4. The van der Waals surface area contributed by atoms with E-state index in [0.717, 1.165) is 106 Å². The van der Waals surface area contributed by atoms with Gasteiger partial charge in [0.1, 0.15) is 5.54 Å². The molecule has 3 saturated heterocycles. The van der Waals surface area contributed by atoms with Crippen molar-refractivity contribution in [3.63, 3.8) is 0 Å². The van der Waals surface area contributed by atoms with Gasteiger partial charge in [0.15, 0.2) is 0 Å². The summed E-state index contributed by atoms with van der Waals surface area (Å²) >= 11 is 0. The van der Waals surface area contributed by atoms with Gasteiger partial charge >= 0.3 is 81.2 Å². The van der Waals surface area contributed by atoms with Crippen LogP contribution in [0.25, 0.3) is 0 Å². The van der Waals surface area contributed by atoms with Crippen LogP contribution in [0.5, 0.6) is 0 Å². The van der Waals surface area contributed by atoms with E-state index in [9.17, 15) is 74.2 Å². The molecule has 3 heterocycles. The molecule has 0 aliphatic carbocycles. The van der Waals surface area contributed by atoms with E-state index < -0.39 is 79.8 Å². The van der Waals surface area contributed by atoms with Crippen LogP contribution in [0.15, 0.2) is 164 Å². The fourth-order valence-electron chi connectivity index (χ4n) is 12.3. The van der Waals surface area contributed by atoms with Crippen molar-refractivity contribution in [2.24, 2.45) is 0 Å². The summed E-state index contributed by atoms with van der Waals surface area (Å²) in [5, 5.41) is 40.1. The Kier molecular flexibility index (Phi) is 36.7. The Bertz CT molecular complexity index is 3310. The van der Waals surface area contributed by atoms with Crippen LogP contribution >= 0.6 is 0 Å². The smallest absolute Gasteiger partial charge is 0.793 e. The summed E-state index contributed by atoms with van der Waals surface area (Å²) in [5.74, 6) is -1.74. The molecule has 6 atom stereocenters. The molecule has 534 valence electrons. The molecular formula is C70H86B5F9N7NaO9. The second kappa shape index (κ2) is 41.7. The second-order valence-corrected chi connectivity index (χ2v) is 24.7. The zero-order valence-corrected chi connectivity index (χ0v) is 60.7. The fourth-order valence-corrected chi connectivity index (χ4v) is 12.3. The minimum atomic E-state index is -4.43. The van der Waals surface area contributed by atoms with Crippen LogP contribution in [0, 0.1) is 11.3 Å². The minimum absolute atomic E-state index is 0. The summed E-state index contributed by atoms with van der Waals surface area (Å²) in [5.41, 5.74) is 2.45. The van der Waals surface area contributed by atoms with Crippen molar-refractivity contribution in [2.45, 2.75) is 136 Å². The zero-order chi connectivity index (χ0) is 73.4. The van der Waals surface area contributed by atoms with E-state index in [1.807, 2.05) is 112 Å². The maximum atomic E-state index is 13.1. The summed E-state index contributed by atoms with van der Waals surface area (Å²) in [6.07, 6.45) is -11.3. The third-order valence-corrected chi connectivity index (χ3v) is 17.4. The van der Waals surface area contributed by atoms with Gasteiger partial charge in [-0.05, 0) is 124 Å². The molecular weight excluding hydrogens is 1330 g/mol. The number of hydrogen-bond acceptors (Lipinski definition) is 16. The summed E-state index contributed by atoms with van der Waals surface area (Å²) in [7, 11) is 2.74. The van der Waals surface area contributed by atoms with Crippen LogP contribution in [-0.2, 0) is 72.1 Å². The number of halogens is 9. The van der Waals surface area contributed by atoms with Crippen LogP contribution in [0.1, 0.15) is 104 Å².